The van der Waals surface area contributed by atoms with E-state index in [2.05, 4.69) is 497 Å². The molecule has 5 heterocycles. The lowest BCUT2D eigenvalue weighted by Gasteiger charge is -2.26. The van der Waals surface area contributed by atoms with Crippen molar-refractivity contribution in [2.24, 2.45) is 0 Å². The van der Waals surface area contributed by atoms with Crippen molar-refractivity contribution in [2.75, 3.05) is 9.80 Å². The van der Waals surface area contributed by atoms with E-state index in [1.807, 2.05) is 22.7 Å². The monoisotopic (exact) mass is 1640 g/mol. The first-order chi connectivity index (χ1) is 62.4. The fourth-order valence-corrected chi connectivity index (χ4v) is 21.5. The predicted molar refractivity (Wildman–Crippen MR) is 538 cm³/mol. The van der Waals surface area contributed by atoms with Gasteiger partial charge in [0.1, 0.15) is 0 Å². The van der Waals surface area contributed by atoms with Crippen LogP contribution in [0.25, 0.3) is 189 Å². The number of nitrogens with zero attached hydrogens (tertiary/aromatic N) is 5. The molecular formula is C119H78N5S2+. The number of aromatic nitrogens is 3. The Morgan fingerprint density at radius 2 is 0.563 bits per heavy atom. The highest BCUT2D eigenvalue weighted by Gasteiger charge is 2.24. The molecule has 590 valence electrons. The number of hydrogen-bond acceptors (Lipinski definition) is 4. The third-order valence-electron chi connectivity index (χ3n) is 25.2. The van der Waals surface area contributed by atoms with Gasteiger partial charge in [0, 0.05) is 126 Å². The summed E-state index contributed by atoms with van der Waals surface area (Å²) in [6.07, 6.45) is 4.30. The number of thiophene rings is 2. The molecule has 25 aromatic rings. The van der Waals surface area contributed by atoms with Crippen LogP contribution in [-0.2, 0) is 0 Å². The largest absolute Gasteiger partial charge is 0.310 e. The summed E-state index contributed by atoms with van der Waals surface area (Å²) in [6.45, 7) is 0. The summed E-state index contributed by atoms with van der Waals surface area (Å²) in [5, 5.41) is 17.5. The fourth-order valence-electron chi connectivity index (χ4n) is 19.1. The summed E-state index contributed by atoms with van der Waals surface area (Å²) >= 11 is 3.76. The molecule has 0 amide bonds. The highest BCUT2D eigenvalue weighted by molar-refractivity contribution is 7.26. The summed E-state index contributed by atoms with van der Waals surface area (Å²) in [7, 11) is 0. The van der Waals surface area contributed by atoms with E-state index in [1.165, 1.54) is 178 Å². The van der Waals surface area contributed by atoms with Crippen LogP contribution in [0.3, 0.4) is 0 Å². The van der Waals surface area contributed by atoms with Crippen LogP contribution in [-0.4, -0.2) is 9.13 Å². The average Bonchev–Trinajstić information content (AvgIpc) is 1.58. The summed E-state index contributed by atoms with van der Waals surface area (Å²) in [6, 6.07) is 168. The van der Waals surface area contributed by atoms with Gasteiger partial charge in [-0.1, -0.05) is 309 Å². The van der Waals surface area contributed by atoms with Crippen molar-refractivity contribution in [1.82, 2.24) is 9.13 Å². The van der Waals surface area contributed by atoms with Crippen LogP contribution < -0.4 is 14.4 Å². The zero-order valence-electron chi connectivity index (χ0n) is 68.6. The van der Waals surface area contributed by atoms with Crippen LogP contribution in [0.4, 0.5) is 34.1 Å². The Hall–Kier alpha value is -16.0. The van der Waals surface area contributed by atoms with Crippen molar-refractivity contribution in [2.45, 2.75) is 0 Å². The lowest BCUT2D eigenvalue weighted by atomic mass is 10.0. The zero-order chi connectivity index (χ0) is 83.1. The Morgan fingerprint density at radius 3 is 1.13 bits per heavy atom. The SMILES string of the molecule is c1ccc(-c2ccc(N(c3cc[n+](-c4ccccc4)cc3)c3ccc4sc5c(-c6ccc7c8ccccc8n(-c8cccc(-c9ccccc9)c8)c7c6)cccc5c4c3)cc2)cc1.c1ccc(-c2ccc(N(c3ccc4ccccc4c3)c3ccc4sc5c(-c6ccc7c8cc9ccccc9cc8n(-c8ccc9ccccc9c8)c7c6)cccc5c4c3)cc2)cc1. The molecule has 25 rings (SSSR count). The van der Waals surface area contributed by atoms with Crippen LogP contribution in [0.1, 0.15) is 0 Å². The molecule has 0 radical (unpaired) electrons. The van der Waals surface area contributed by atoms with Crippen LogP contribution >= 0.6 is 22.7 Å². The number of fused-ring (bicyclic) bond motifs is 15. The Balaban J connectivity index is 0.000000141. The van der Waals surface area contributed by atoms with Crippen molar-refractivity contribution < 1.29 is 4.57 Å². The maximum absolute atomic E-state index is 2.47. The lowest BCUT2D eigenvalue weighted by Crippen LogP contribution is -2.29. The Kier molecular flexibility index (Phi) is 18.3. The molecule has 0 bridgehead atoms. The molecule has 0 aliphatic rings. The van der Waals surface area contributed by atoms with E-state index >= 15 is 0 Å². The summed E-state index contributed by atoms with van der Waals surface area (Å²) < 4.78 is 12.2. The smallest absolute Gasteiger partial charge is 0.210 e. The molecule has 0 atom stereocenters. The summed E-state index contributed by atoms with van der Waals surface area (Å²) in [5.41, 5.74) is 27.1. The minimum atomic E-state index is 1.09. The van der Waals surface area contributed by atoms with E-state index in [4.69, 9.17) is 0 Å². The number of pyridine rings is 1. The summed E-state index contributed by atoms with van der Waals surface area (Å²) in [5.74, 6) is 0. The van der Waals surface area contributed by atoms with Gasteiger partial charge in [0.2, 0.25) is 5.69 Å². The van der Waals surface area contributed by atoms with E-state index in [9.17, 15) is 0 Å². The van der Waals surface area contributed by atoms with E-state index < -0.39 is 0 Å². The van der Waals surface area contributed by atoms with E-state index in [-0.39, 0.29) is 0 Å². The standard InChI is InChI=1S/C60H38N2S.C59H40N3S/c1-2-11-39(12-3-1)42-21-26-48(27-22-42)61(49-28-23-40-13-4-6-15-43(40)33-49)51-30-32-59-56(38-51)54-20-10-19-52(60(54)63-59)47-25-31-53-55-35-45-17-8-9-18-46(45)36-58(55)62(57(53)37-47)50-29-24-41-14-5-7-16-44(41)34-50;1-4-14-41(15-5-1)43-26-29-47(30-27-43)61(48-34-36-60(37-35-48)46-19-8-3-9-20-46)50-31-33-58-55(40-50)54-24-13-23-51(59(54)63-58)45-28-32-53-52-22-10-11-25-56(52)62(57(53)39-45)49-21-12-18-44(38-49)42-16-6-2-7-17-42/h1-38H;1-40H/q;+1. The molecule has 5 aromatic heterocycles. The van der Waals surface area contributed by atoms with E-state index in [0.717, 1.165) is 45.5 Å². The number of hydrogen-bond donors (Lipinski definition) is 0. The van der Waals surface area contributed by atoms with Gasteiger partial charge in [-0.25, -0.2) is 0 Å². The maximum atomic E-state index is 2.47. The highest BCUT2D eigenvalue weighted by atomic mass is 32.1. The van der Waals surface area contributed by atoms with Gasteiger partial charge in [-0.05, 0) is 215 Å². The van der Waals surface area contributed by atoms with Crippen LogP contribution in [0.5, 0.6) is 0 Å². The zero-order valence-corrected chi connectivity index (χ0v) is 70.2. The van der Waals surface area contributed by atoms with Crippen LogP contribution in [0.2, 0.25) is 0 Å². The van der Waals surface area contributed by atoms with Gasteiger partial charge in [-0.2, -0.15) is 4.57 Å². The molecule has 5 nitrogen and oxygen atoms in total. The third-order valence-corrected chi connectivity index (χ3v) is 27.6. The minimum absolute atomic E-state index is 1.09. The van der Waals surface area contributed by atoms with Gasteiger partial charge in [0.25, 0.3) is 0 Å². The van der Waals surface area contributed by atoms with Crippen molar-refractivity contribution in [3.05, 3.63) is 473 Å². The average molecular weight is 1640 g/mol. The van der Waals surface area contributed by atoms with Crippen LogP contribution in [0, 0.1) is 0 Å². The van der Waals surface area contributed by atoms with E-state index in [0.29, 0.717) is 0 Å². The highest BCUT2D eigenvalue weighted by Crippen LogP contribution is 2.49. The van der Waals surface area contributed by atoms with Gasteiger partial charge in [0.15, 0.2) is 12.4 Å². The van der Waals surface area contributed by atoms with Crippen molar-refractivity contribution in [1.29, 1.82) is 0 Å². The summed E-state index contributed by atoms with van der Waals surface area (Å²) in [4.78, 5) is 4.77. The molecule has 0 aliphatic carbocycles. The Morgan fingerprint density at radius 1 is 0.190 bits per heavy atom. The first kappa shape index (κ1) is 73.9. The first-order valence-electron chi connectivity index (χ1n) is 43.0. The van der Waals surface area contributed by atoms with Gasteiger partial charge in [0.05, 0.1) is 27.8 Å². The molecular weight excluding hydrogens is 1560 g/mol. The van der Waals surface area contributed by atoms with Crippen LogP contribution in [0.15, 0.2) is 473 Å². The molecule has 0 saturated carbocycles. The van der Waals surface area contributed by atoms with Gasteiger partial charge in [-0.15, -0.1) is 22.7 Å². The third kappa shape index (κ3) is 13.2. The maximum Gasteiger partial charge on any atom is 0.210 e. The quantitative estimate of drug-likeness (QED) is 0.101. The second kappa shape index (κ2) is 31.1. The molecule has 0 fully saturated rings. The molecule has 7 heteroatoms. The molecule has 20 aromatic carbocycles. The fraction of sp³-hybridized carbons (Fsp3) is 0. The minimum Gasteiger partial charge on any atom is -0.310 e. The second-order valence-electron chi connectivity index (χ2n) is 32.6. The predicted octanol–water partition coefficient (Wildman–Crippen LogP) is 33.3. The Labute approximate surface area is 737 Å². The van der Waals surface area contributed by atoms with Crippen molar-refractivity contribution in [3.8, 4) is 72.7 Å². The number of rotatable bonds is 14. The lowest BCUT2D eigenvalue weighted by molar-refractivity contribution is -0.595. The first-order valence-corrected chi connectivity index (χ1v) is 44.6. The van der Waals surface area contributed by atoms with Crippen molar-refractivity contribution >= 4 is 173 Å². The topological polar surface area (TPSA) is 20.2 Å². The molecule has 0 N–H and O–H groups in total. The molecule has 0 saturated heterocycles. The number of anilines is 6. The van der Waals surface area contributed by atoms with Gasteiger partial charge >= 0.3 is 0 Å². The molecule has 0 unspecified atom stereocenters. The number of para-hydroxylation sites is 2. The van der Waals surface area contributed by atoms with Gasteiger partial charge in [-0.3, -0.25) is 0 Å². The number of benzene rings is 20. The molecule has 0 aliphatic heterocycles. The Bertz CT molecular complexity index is 8420. The molecule has 126 heavy (non-hydrogen) atoms. The van der Waals surface area contributed by atoms with Crippen molar-refractivity contribution in [3.63, 3.8) is 0 Å². The normalized spacial score (nSPS) is 11.7. The van der Waals surface area contributed by atoms with Gasteiger partial charge < -0.3 is 18.9 Å². The van der Waals surface area contributed by atoms with E-state index in [1.54, 1.807) is 0 Å². The second-order valence-corrected chi connectivity index (χ2v) is 34.7. The molecule has 0 spiro atoms.